The third-order valence-electron chi connectivity index (χ3n) is 7.17. The van der Waals surface area contributed by atoms with Crippen LogP contribution in [0.5, 0.6) is 5.75 Å². The molecule has 2 unspecified atom stereocenters. The number of fused-ring (bicyclic) bond motifs is 1. The van der Waals surface area contributed by atoms with Crippen LogP contribution in [0.1, 0.15) is 74.5 Å². The number of hydrogen-bond acceptors (Lipinski definition) is 4. The topological polar surface area (TPSA) is 70.7 Å². The van der Waals surface area contributed by atoms with Crippen molar-refractivity contribution in [3.63, 3.8) is 0 Å². The van der Waals surface area contributed by atoms with E-state index in [4.69, 9.17) is 4.74 Å². The van der Waals surface area contributed by atoms with Crippen LogP contribution in [-0.2, 0) is 10.2 Å². The lowest BCUT2D eigenvalue weighted by Crippen LogP contribution is -2.53. The highest BCUT2D eigenvalue weighted by Crippen LogP contribution is 2.44. The van der Waals surface area contributed by atoms with Crippen molar-refractivity contribution in [1.82, 2.24) is 15.5 Å². The van der Waals surface area contributed by atoms with Crippen LogP contribution in [0.3, 0.4) is 0 Å². The number of rotatable bonds is 4. The van der Waals surface area contributed by atoms with E-state index in [0.29, 0.717) is 5.56 Å². The highest BCUT2D eigenvalue weighted by molar-refractivity contribution is 5.97. The Labute approximate surface area is 203 Å². The van der Waals surface area contributed by atoms with Gasteiger partial charge in [0, 0.05) is 30.6 Å². The maximum absolute atomic E-state index is 13.1. The molecule has 4 rings (SSSR count). The molecule has 0 saturated carbocycles. The predicted molar refractivity (Wildman–Crippen MR) is 134 cm³/mol. The molecule has 2 heterocycles. The Morgan fingerprint density at radius 2 is 1.71 bits per heavy atom. The molecule has 6 nitrogen and oxygen atoms in total. The van der Waals surface area contributed by atoms with Gasteiger partial charge in [0.1, 0.15) is 17.4 Å². The fourth-order valence-electron chi connectivity index (χ4n) is 4.84. The van der Waals surface area contributed by atoms with Gasteiger partial charge in [0.05, 0.1) is 6.04 Å². The number of nitrogens with zero attached hydrogens (tertiary/aromatic N) is 1. The minimum absolute atomic E-state index is 0.0211. The van der Waals surface area contributed by atoms with Crippen LogP contribution in [0.25, 0.3) is 0 Å². The van der Waals surface area contributed by atoms with Crippen LogP contribution in [0.2, 0.25) is 0 Å². The van der Waals surface area contributed by atoms with Gasteiger partial charge in [0.2, 0.25) is 5.91 Å². The van der Waals surface area contributed by atoms with Crippen LogP contribution in [0.4, 0.5) is 0 Å². The van der Waals surface area contributed by atoms with Crippen molar-refractivity contribution in [2.45, 2.75) is 70.1 Å². The van der Waals surface area contributed by atoms with Crippen molar-refractivity contribution in [1.29, 1.82) is 0 Å². The summed E-state index contributed by atoms with van der Waals surface area (Å²) >= 11 is 0. The van der Waals surface area contributed by atoms with E-state index in [1.54, 1.807) is 6.92 Å². The minimum atomic E-state index is -0.654. The van der Waals surface area contributed by atoms with Gasteiger partial charge in [0.15, 0.2) is 0 Å². The second-order valence-electron chi connectivity index (χ2n) is 10.9. The van der Waals surface area contributed by atoms with Crippen molar-refractivity contribution in [3.8, 4) is 5.75 Å². The van der Waals surface area contributed by atoms with Crippen molar-refractivity contribution in [3.05, 3.63) is 65.2 Å². The molecule has 2 N–H and O–H groups in total. The monoisotopic (exact) mass is 463 g/mol. The van der Waals surface area contributed by atoms with Crippen LogP contribution in [-0.4, -0.2) is 48.5 Å². The molecular formula is C28H37N3O3. The van der Waals surface area contributed by atoms with E-state index in [0.717, 1.165) is 49.2 Å². The molecule has 182 valence electrons. The summed E-state index contributed by atoms with van der Waals surface area (Å²) in [7, 11) is 2.13. The zero-order chi connectivity index (χ0) is 24.5. The summed E-state index contributed by atoms with van der Waals surface area (Å²) in [6.45, 7) is 10.1. The van der Waals surface area contributed by atoms with Gasteiger partial charge in [0.25, 0.3) is 5.91 Å². The average molecular weight is 464 g/mol. The summed E-state index contributed by atoms with van der Waals surface area (Å²) in [5, 5.41) is 6.05. The molecule has 1 spiro atoms. The van der Waals surface area contributed by atoms with E-state index in [9.17, 15) is 9.59 Å². The SMILES string of the molecule is CC(NC(=O)c1ccc(C(C)(C)C)cc1)C(=O)NC1CC2(CCN(C)CC2)Oc2ccccc21. The number of carbonyl (C=O) groups is 2. The van der Waals surface area contributed by atoms with Gasteiger partial charge >= 0.3 is 0 Å². The molecule has 6 heteroatoms. The Kier molecular flexibility index (Phi) is 6.72. The first-order valence-electron chi connectivity index (χ1n) is 12.2. The van der Waals surface area contributed by atoms with Gasteiger partial charge in [-0.25, -0.2) is 0 Å². The first-order valence-corrected chi connectivity index (χ1v) is 12.2. The van der Waals surface area contributed by atoms with Crippen LogP contribution >= 0.6 is 0 Å². The third-order valence-corrected chi connectivity index (χ3v) is 7.17. The highest BCUT2D eigenvalue weighted by atomic mass is 16.5. The molecule has 2 aromatic rings. The van der Waals surface area contributed by atoms with Crippen molar-refractivity contribution in [2.75, 3.05) is 20.1 Å². The largest absolute Gasteiger partial charge is 0.487 e. The maximum atomic E-state index is 13.1. The Balaban J connectivity index is 1.43. The van der Waals surface area contributed by atoms with Gasteiger partial charge < -0.3 is 20.3 Å². The average Bonchev–Trinajstić information content (AvgIpc) is 2.80. The lowest BCUT2D eigenvalue weighted by atomic mass is 9.80. The van der Waals surface area contributed by atoms with Crippen molar-refractivity contribution in [2.24, 2.45) is 0 Å². The van der Waals surface area contributed by atoms with E-state index in [1.807, 2.05) is 48.5 Å². The van der Waals surface area contributed by atoms with Crippen LogP contribution in [0.15, 0.2) is 48.5 Å². The Bertz CT molecular complexity index is 1030. The lowest BCUT2D eigenvalue weighted by Gasteiger charge is -2.46. The van der Waals surface area contributed by atoms with E-state index in [1.165, 1.54) is 0 Å². The number of nitrogens with one attached hydrogen (secondary N) is 2. The summed E-state index contributed by atoms with van der Waals surface area (Å²) in [5.41, 5.74) is 2.47. The smallest absolute Gasteiger partial charge is 0.251 e. The van der Waals surface area contributed by atoms with Gasteiger partial charge in [-0.15, -0.1) is 0 Å². The molecule has 2 aliphatic rings. The summed E-state index contributed by atoms with van der Waals surface area (Å²) in [6.07, 6.45) is 2.60. The van der Waals surface area contributed by atoms with Gasteiger partial charge in [-0.2, -0.15) is 0 Å². The number of hydrogen-bond donors (Lipinski definition) is 2. The fourth-order valence-corrected chi connectivity index (χ4v) is 4.84. The molecule has 2 aromatic carbocycles. The predicted octanol–water partition coefficient (Wildman–Crippen LogP) is 4.21. The van der Waals surface area contributed by atoms with E-state index in [2.05, 4.69) is 43.4 Å². The standard InChI is InChI=1S/C28H37N3O3/c1-19(29-26(33)20-10-12-21(13-11-20)27(2,3)4)25(32)30-23-18-28(14-16-31(5)17-15-28)34-24-9-7-6-8-22(23)24/h6-13,19,23H,14-18H2,1-5H3,(H,29,33)(H,30,32). The number of amides is 2. The van der Waals surface area contributed by atoms with Gasteiger partial charge in [-0.1, -0.05) is 51.1 Å². The third kappa shape index (κ3) is 5.27. The first-order chi connectivity index (χ1) is 16.1. The van der Waals surface area contributed by atoms with Crippen molar-refractivity contribution >= 4 is 11.8 Å². The van der Waals surface area contributed by atoms with E-state index < -0.39 is 6.04 Å². The molecule has 1 fully saturated rings. The maximum Gasteiger partial charge on any atom is 0.251 e. The Morgan fingerprint density at radius 1 is 1.06 bits per heavy atom. The van der Waals surface area contributed by atoms with E-state index >= 15 is 0 Å². The second-order valence-corrected chi connectivity index (χ2v) is 10.9. The lowest BCUT2D eigenvalue weighted by molar-refractivity contribution is -0.124. The Hall–Kier alpha value is -2.86. The molecule has 34 heavy (non-hydrogen) atoms. The van der Waals surface area contributed by atoms with Gasteiger partial charge in [-0.05, 0) is 56.0 Å². The summed E-state index contributed by atoms with van der Waals surface area (Å²) in [4.78, 5) is 28.2. The number of piperidine rings is 1. The second kappa shape index (κ2) is 9.41. The highest BCUT2D eigenvalue weighted by Gasteiger charge is 2.43. The summed E-state index contributed by atoms with van der Waals surface area (Å²) in [6, 6.07) is 14.7. The fraction of sp³-hybridized carbons (Fsp3) is 0.500. The zero-order valence-electron chi connectivity index (χ0n) is 21.0. The van der Waals surface area contributed by atoms with E-state index in [-0.39, 0.29) is 28.9 Å². The quantitative estimate of drug-likeness (QED) is 0.713. The molecule has 2 amide bonds. The Morgan fingerprint density at radius 3 is 2.35 bits per heavy atom. The number of likely N-dealkylation sites (tertiary alicyclic amines) is 1. The number of carbonyl (C=O) groups excluding carboxylic acids is 2. The molecule has 2 aliphatic heterocycles. The normalized spacial score (nSPS) is 20.7. The van der Waals surface area contributed by atoms with Crippen LogP contribution < -0.4 is 15.4 Å². The molecule has 1 saturated heterocycles. The molecular weight excluding hydrogens is 426 g/mol. The van der Waals surface area contributed by atoms with Crippen molar-refractivity contribution < 1.29 is 14.3 Å². The molecule has 0 aliphatic carbocycles. The molecule has 0 bridgehead atoms. The van der Waals surface area contributed by atoms with Crippen LogP contribution in [0, 0.1) is 0 Å². The number of benzene rings is 2. The van der Waals surface area contributed by atoms with Gasteiger partial charge in [-0.3, -0.25) is 9.59 Å². The molecule has 2 atom stereocenters. The summed E-state index contributed by atoms with van der Waals surface area (Å²) in [5.74, 6) is 0.408. The number of para-hydroxylation sites is 1. The number of ether oxygens (including phenoxy) is 1. The zero-order valence-corrected chi connectivity index (χ0v) is 21.0. The first kappa shape index (κ1) is 24.3. The minimum Gasteiger partial charge on any atom is -0.487 e. The summed E-state index contributed by atoms with van der Waals surface area (Å²) < 4.78 is 6.49. The molecule has 0 aromatic heterocycles. The molecule has 0 radical (unpaired) electrons.